The largest absolute Gasteiger partial charge is 0.348 e. The van der Waals surface area contributed by atoms with E-state index < -0.39 is 0 Å². The molecular weight excluding hydrogens is 428 g/mol. The number of carbonyl (C=O) groups excluding carboxylic acids is 2. The van der Waals surface area contributed by atoms with Crippen molar-refractivity contribution < 1.29 is 9.59 Å². The maximum Gasteiger partial charge on any atom is 0.348 e. The molecule has 0 N–H and O–H groups in total. The number of fused-ring (bicyclic) bond motifs is 1. The van der Waals surface area contributed by atoms with Gasteiger partial charge < -0.3 is 9.80 Å². The molecule has 2 bridgehead atoms. The van der Waals surface area contributed by atoms with E-state index in [2.05, 4.69) is 33.8 Å². The van der Waals surface area contributed by atoms with Crippen LogP contribution in [-0.2, 0) is 22.6 Å². The van der Waals surface area contributed by atoms with Crippen LogP contribution >= 0.6 is 0 Å². The number of hydrogen-bond acceptors (Lipinski definition) is 4. The van der Waals surface area contributed by atoms with Crippen molar-refractivity contribution in [3.63, 3.8) is 0 Å². The van der Waals surface area contributed by atoms with Gasteiger partial charge in [0.1, 0.15) is 6.54 Å². The molecule has 3 aliphatic rings. The summed E-state index contributed by atoms with van der Waals surface area (Å²) in [6, 6.07) is 12.2. The minimum absolute atomic E-state index is 0.0101. The van der Waals surface area contributed by atoms with E-state index in [0.717, 1.165) is 37.8 Å². The van der Waals surface area contributed by atoms with Crippen LogP contribution in [0.2, 0.25) is 0 Å². The molecular formula is C27H34N4O3. The molecule has 2 aromatic rings. The second kappa shape index (κ2) is 8.36. The number of piperidine rings is 1. The van der Waals surface area contributed by atoms with Crippen molar-refractivity contribution >= 4 is 11.8 Å². The van der Waals surface area contributed by atoms with Crippen LogP contribution in [0.5, 0.6) is 0 Å². The van der Waals surface area contributed by atoms with Crippen molar-refractivity contribution in [2.45, 2.75) is 90.5 Å². The zero-order chi connectivity index (χ0) is 24.2. The Labute approximate surface area is 200 Å². The Balaban J connectivity index is 1.54. The van der Waals surface area contributed by atoms with Crippen LogP contribution in [0.4, 0.5) is 0 Å². The number of rotatable bonds is 4. The maximum absolute atomic E-state index is 13.9. The fourth-order valence-corrected chi connectivity index (χ4v) is 7.18. The monoisotopic (exact) mass is 462 g/mol. The first-order chi connectivity index (χ1) is 16.2. The van der Waals surface area contributed by atoms with Crippen LogP contribution in [0.25, 0.3) is 0 Å². The molecule has 0 spiro atoms. The molecule has 3 heterocycles. The lowest BCUT2D eigenvalue weighted by molar-refractivity contribution is -0.143. The molecule has 7 heteroatoms. The zero-order valence-electron chi connectivity index (χ0n) is 20.5. The Kier molecular flexibility index (Phi) is 5.61. The lowest BCUT2D eigenvalue weighted by Crippen LogP contribution is -2.62. The predicted octanol–water partition coefficient (Wildman–Crippen LogP) is 2.86. The van der Waals surface area contributed by atoms with Gasteiger partial charge in [-0.15, -0.1) is 0 Å². The average molecular weight is 463 g/mol. The van der Waals surface area contributed by atoms with Gasteiger partial charge in [0.15, 0.2) is 0 Å². The Morgan fingerprint density at radius 1 is 1.09 bits per heavy atom. The number of benzene rings is 1. The first-order valence-corrected chi connectivity index (χ1v) is 12.4. The van der Waals surface area contributed by atoms with Gasteiger partial charge in [0.25, 0.3) is 0 Å². The van der Waals surface area contributed by atoms with Gasteiger partial charge in [0.2, 0.25) is 11.8 Å². The van der Waals surface area contributed by atoms with E-state index in [1.165, 1.54) is 10.1 Å². The van der Waals surface area contributed by atoms with Gasteiger partial charge in [-0.1, -0.05) is 37.3 Å². The second-order valence-corrected chi connectivity index (χ2v) is 10.6. The second-order valence-electron chi connectivity index (χ2n) is 10.6. The topological polar surface area (TPSA) is 75.5 Å². The van der Waals surface area contributed by atoms with Crippen molar-refractivity contribution in [1.29, 1.82) is 0 Å². The molecule has 1 aromatic carbocycles. The molecule has 1 aliphatic carbocycles. The molecule has 0 unspecified atom stereocenters. The summed E-state index contributed by atoms with van der Waals surface area (Å²) in [6.45, 7) is 7.56. The van der Waals surface area contributed by atoms with Crippen LogP contribution in [0, 0.1) is 19.3 Å². The van der Waals surface area contributed by atoms with Gasteiger partial charge in [-0.05, 0) is 57.6 Å². The van der Waals surface area contributed by atoms with E-state index >= 15 is 0 Å². The highest BCUT2D eigenvalue weighted by atomic mass is 16.2. The molecule has 2 aliphatic heterocycles. The van der Waals surface area contributed by atoms with Crippen LogP contribution in [-0.4, -0.2) is 55.3 Å². The third kappa shape index (κ3) is 3.56. The van der Waals surface area contributed by atoms with Crippen molar-refractivity contribution in [3.05, 3.63) is 63.8 Å². The van der Waals surface area contributed by atoms with Crippen molar-refractivity contribution in [1.82, 2.24) is 19.4 Å². The van der Waals surface area contributed by atoms with Crippen molar-refractivity contribution in [2.75, 3.05) is 0 Å². The first kappa shape index (κ1) is 22.8. The van der Waals surface area contributed by atoms with E-state index in [-0.39, 0.29) is 53.6 Å². The quantitative estimate of drug-likeness (QED) is 0.700. The van der Waals surface area contributed by atoms with Gasteiger partial charge in [-0.3, -0.25) is 14.2 Å². The number of aryl methyl sites for hydroxylation is 2. The minimum atomic E-state index is -0.382. The molecule has 34 heavy (non-hydrogen) atoms. The van der Waals surface area contributed by atoms with Crippen LogP contribution < -0.4 is 5.69 Å². The summed E-state index contributed by atoms with van der Waals surface area (Å²) in [5.41, 5.74) is 2.07. The highest BCUT2D eigenvalue weighted by Gasteiger charge is 2.64. The summed E-state index contributed by atoms with van der Waals surface area (Å²) in [6.07, 6.45) is 4.54. The van der Waals surface area contributed by atoms with E-state index in [1.54, 1.807) is 13.8 Å². The Bertz CT molecular complexity index is 1180. The van der Waals surface area contributed by atoms with Crippen LogP contribution in [0.15, 0.2) is 41.2 Å². The zero-order valence-corrected chi connectivity index (χ0v) is 20.5. The number of nitrogens with zero attached hydrogens (tertiary/aromatic N) is 4. The number of aromatic nitrogens is 2. The molecule has 2 amide bonds. The average Bonchev–Trinajstić information content (AvgIpc) is 3.09. The summed E-state index contributed by atoms with van der Waals surface area (Å²) >= 11 is 0. The molecule has 2 saturated heterocycles. The van der Waals surface area contributed by atoms with Crippen molar-refractivity contribution in [3.8, 4) is 0 Å². The van der Waals surface area contributed by atoms with Crippen molar-refractivity contribution in [2.24, 2.45) is 5.41 Å². The lowest BCUT2D eigenvalue weighted by atomic mass is 9.64. The van der Waals surface area contributed by atoms with Gasteiger partial charge >= 0.3 is 5.69 Å². The standard InChI is InChI=1S/C27H34N4O3/c1-17-13-18(2)29(26(34)28-17)16-25(33)31-22-15-27(4)23(11-8-12-24(27)31)30(19(3)32)21(22)14-20-9-6-5-7-10-20/h5-7,9-10,13,21-24H,8,11-12,14-16H2,1-4H3/t21-,22-,23+,24-,27+/m0/s1. The summed E-state index contributed by atoms with van der Waals surface area (Å²) in [5, 5.41) is 0. The molecule has 7 nitrogen and oxygen atoms in total. The van der Waals surface area contributed by atoms with Gasteiger partial charge in [0.05, 0.1) is 12.1 Å². The minimum Gasteiger partial charge on any atom is -0.334 e. The smallest absolute Gasteiger partial charge is 0.334 e. The number of hydrogen-bond donors (Lipinski definition) is 0. The van der Waals surface area contributed by atoms with E-state index in [1.807, 2.05) is 31.2 Å². The highest BCUT2D eigenvalue weighted by molar-refractivity contribution is 5.79. The number of carbonyl (C=O) groups is 2. The summed E-state index contributed by atoms with van der Waals surface area (Å²) in [5.74, 6) is 0.0466. The third-order valence-electron chi connectivity index (χ3n) is 8.54. The first-order valence-electron chi connectivity index (χ1n) is 12.4. The predicted molar refractivity (Wildman–Crippen MR) is 129 cm³/mol. The molecule has 5 rings (SSSR count). The number of amides is 2. The molecule has 0 radical (unpaired) electrons. The molecule has 5 atom stereocenters. The Morgan fingerprint density at radius 2 is 1.76 bits per heavy atom. The van der Waals surface area contributed by atoms with Gasteiger partial charge in [0, 0.05) is 35.8 Å². The fourth-order valence-electron chi connectivity index (χ4n) is 7.18. The maximum atomic E-state index is 13.9. The highest BCUT2D eigenvalue weighted by Crippen LogP contribution is 2.56. The van der Waals surface area contributed by atoms with E-state index in [4.69, 9.17) is 0 Å². The van der Waals surface area contributed by atoms with Gasteiger partial charge in [-0.2, -0.15) is 4.98 Å². The molecule has 180 valence electrons. The fraction of sp³-hybridized carbons (Fsp3) is 0.556. The normalized spacial score (nSPS) is 29.9. The Morgan fingerprint density at radius 3 is 2.41 bits per heavy atom. The molecule has 1 saturated carbocycles. The van der Waals surface area contributed by atoms with Gasteiger partial charge in [-0.25, -0.2) is 4.79 Å². The molecule has 3 fully saturated rings. The summed E-state index contributed by atoms with van der Waals surface area (Å²) in [4.78, 5) is 47.7. The Hall–Kier alpha value is -2.96. The van der Waals surface area contributed by atoms with E-state index in [9.17, 15) is 14.4 Å². The van der Waals surface area contributed by atoms with Crippen LogP contribution in [0.3, 0.4) is 0 Å². The lowest BCUT2D eigenvalue weighted by Gasteiger charge is -2.52. The van der Waals surface area contributed by atoms with E-state index in [0.29, 0.717) is 5.69 Å². The SMILES string of the molecule is CC(=O)N1[C@@H](Cc2ccccc2)[C@@H]2C[C@@]3(C)[C@H](CCC[C@@H]13)N2C(=O)Cn1c(C)cc(C)nc1=O. The number of likely N-dealkylation sites (tertiary alicyclic amines) is 2. The third-order valence-corrected chi connectivity index (χ3v) is 8.54. The summed E-state index contributed by atoms with van der Waals surface area (Å²) in [7, 11) is 0. The molecule has 1 aromatic heterocycles. The summed E-state index contributed by atoms with van der Waals surface area (Å²) < 4.78 is 1.48. The van der Waals surface area contributed by atoms with Crippen LogP contribution in [0.1, 0.15) is 56.5 Å².